The molecular weight excluding hydrogens is 309 g/mol. The Balaban J connectivity index is 5.08. The Morgan fingerprint density at radius 1 is 1.07 bits per heavy atom. The van der Waals surface area contributed by atoms with Crippen molar-refractivity contribution in [2.24, 2.45) is 0 Å². The molecule has 0 rings (SSSR count). The quantitative estimate of drug-likeness (QED) is 0.358. The van der Waals surface area contributed by atoms with Crippen molar-refractivity contribution in [1.82, 2.24) is 0 Å². The molecule has 0 aromatic carbocycles. The molecule has 0 heterocycles. The van der Waals surface area contributed by atoms with Gasteiger partial charge in [-0.05, 0) is 0 Å². The van der Waals surface area contributed by atoms with E-state index >= 15 is 0 Å². The predicted molar refractivity (Wildman–Crippen MR) is 55.9 cm³/mol. The van der Waals surface area contributed by atoms with Crippen LogP contribution in [0.5, 0.6) is 0 Å². The van der Waals surface area contributed by atoms with Crippen LogP contribution in [0.1, 0.15) is 6.42 Å². The normalized spacial score (nSPS) is 14.7. The summed E-state index contributed by atoms with van der Waals surface area (Å²) >= 11 is -1.32. The fourth-order valence-electron chi connectivity index (χ4n) is 0.835. The number of hydrogen-bond acceptors (Lipinski definition) is 3. The van der Waals surface area contributed by atoms with Gasteiger partial charge in [-0.15, -0.1) is 0 Å². The first-order chi connectivity index (χ1) is 6.42. The summed E-state index contributed by atoms with van der Waals surface area (Å²) in [4.78, 5) is 35.1. The van der Waals surface area contributed by atoms with E-state index in [0.717, 1.165) is 0 Å². The first kappa shape index (κ1) is 15.8. The molecule has 15 heavy (non-hydrogen) atoms. The van der Waals surface area contributed by atoms with Crippen LogP contribution in [0.25, 0.3) is 0 Å². The summed E-state index contributed by atoms with van der Waals surface area (Å²) in [5.74, 6) is 0. The number of aliphatic hydroxyl groups is 1. The van der Waals surface area contributed by atoms with Gasteiger partial charge < -0.3 is 0 Å². The van der Waals surface area contributed by atoms with Crippen LogP contribution >= 0.6 is 15.2 Å². The summed E-state index contributed by atoms with van der Waals surface area (Å²) in [7, 11) is -10.5. The molecule has 0 aliphatic rings. The molecule has 0 spiro atoms. The van der Waals surface area contributed by atoms with Crippen molar-refractivity contribution in [3.8, 4) is 0 Å². The van der Waals surface area contributed by atoms with Crippen LogP contribution in [0.3, 0.4) is 0 Å². The van der Waals surface area contributed by atoms with Crippen molar-refractivity contribution >= 4 is 29.8 Å². The van der Waals surface area contributed by atoms with Gasteiger partial charge in [-0.25, -0.2) is 0 Å². The third-order valence-electron chi connectivity index (χ3n) is 1.83. The molecule has 0 saturated carbocycles. The molecule has 0 aliphatic carbocycles. The van der Waals surface area contributed by atoms with Crippen molar-refractivity contribution in [3.63, 3.8) is 0 Å². The molecular formula is C5H15AsO7P2. The van der Waals surface area contributed by atoms with Crippen molar-refractivity contribution < 1.29 is 33.8 Å². The molecule has 0 fully saturated rings. The van der Waals surface area contributed by atoms with Crippen LogP contribution in [0.15, 0.2) is 0 Å². The summed E-state index contributed by atoms with van der Waals surface area (Å²) in [6, 6.07) is 0. The van der Waals surface area contributed by atoms with E-state index in [0.29, 0.717) is 0 Å². The van der Waals surface area contributed by atoms with Gasteiger partial charge in [0.2, 0.25) is 0 Å². The second kappa shape index (κ2) is 4.99. The van der Waals surface area contributed by atoms with Crippen LogP contribution in [-0.4, -0.2) is 44.4 Å². The zero-order chi connectivity index (χ0) is 12.5. The monoisotopic (exact) mass is 324 g/mol. The molecule has 5 N–H and O–H groups in total. The Labute approximate surface area is 92.1 Å². The van der Waals surface area contributed by atoms with Gasteiger partial charge >= 0.3 is 91.8 Å². The van der Waals surface area contributed by atoms with Gasteiger partial charge in [0.25, 0.3) is 0 Å². The van der Waals surface area contributed by atoms with Crippen LogP contribution in [0.2, 0.25) is 16.6 Å². The van der Waals surface area contributed by atoms with Gasteiger partial charge in [-0.1, -0.05) is 0 Å². The third-order valence-corrected chi connectivity index (χ3v) is 8.05. The molecule has 10 heteroatoms. The van der Waals surface area contributed by atoms with E-state index < -0.39 is 41.3 Å². The van der Waals surface area contributed by atoms with E-state index in [9.17, 15) is 14.2 Å². The summed E-state index contributed by atoms with van der Waals surface area (Å²) < 4.78 is 21.8. The molecule has 92 valence electrons. The summed E-state index contributed by atoms with van der Waals surface area (Å²) in [6.45, 7) is 0. The van der Waals surface area contributed by atoms with Crippen LogP contribution in [-0.2, 0) is 9.13 Å². The minimum atomic E-state index is -5.25. The first-order valence-electron chi connectivity index (χ1n) is 3.90. The summed E-state index contributed by atoms with van der Waals surface area (Å²) in [6.07, 6.45) is -0.575. The Hall–Kier alpha value is 0.818. The number of rotatable bonds is 5. The van der Waals surface area contributed by atoms with Gasteiger partial charge in [-0.3, -0.25) is 0 Å². The predicted octanol–water partition coefficient (Wildman–Crippen LogP) is 0.132. The minimum absolute atomic E-state index is 0.250. The molecule has 0 radical (unpaired) electrons. The molecule has 0 atom stereocenters. The van der Waals surface area contributed by atoms with Crippen LogP contribution in [0.4, 0.5) is 0 Å². The summed E-state index contributed by atoms with van der Waals surface area (Å²) in [5, 5.41) is 6.46. The fourth-order valence-corrected chi connectivity index (χ4v) is 5.38. The average molecular weight is 324 g/mol. The van der Waals surface area contributed by atoms with Gasteiger partial charge in [0.1, 0.15) is 0 Å². The van der Waals surface area contributed by atoms with Crippen LogP contribution < -0.4 is 0 Å². The first-order valence-corrected chi connectivity index (χ1v) is 12.2. The zero-order valence-corrected chi connectivity index (χ0v) is 12.0. The fraction of sp³-hybridized carbons (Fsp3) is 1.00. The molecule has 7 nitrogen and oxygen atoms in total. The Morgan fingerprint density at radius 2 is 1.40 bits per heavy atom. The van der Waals surface area contributed by atoms with Gasteiger partial charge in [0.05, 0.1) is 0 Å². The Bertz CT molecular complexity index is 283. The average Bonchev–Trinajstić information content (AvgIpc) is 1.95. The van der Waals surface area contributed by atoms with E-state index in [1.807, 2.05) is 11.4 Å². The van der Waals surface area contributed by atoms with E-state index in [1.54, 1.807) is 0 Å². The SMILES string of the molecule is C[As](C)CCC(O)(P(=O)(O)O)P(=O)(O)O. The molecule has 0 aliphatic heterocycles. The summed E-state index contributed by atoms with van der Waals surface area (Å²) in [5.41, 5.74) is 3.71. The maximum absolute atomic E-state index is 10.9. The van der Waals surface area contributed by atoms with Gasteiger partial charge in [0, 0.05) is 0 Å². The van der Waals surface area contributed by atoms with E-state index in [-0.39, 0.29) is 5.21 Å². The molecule has 0 aromatic rings. The van der Waals surface area contributed by atoms with Gasteiger partial charge in [-0.2, -0.15) is 0 Å². The second-order valence-corrected chi connectivity index (χ2v) is 12.9. The molecule has 0 unspecified atom stereocenters. The standard InChI is InChI=1S/C5H15AsO7P2/c1-6(2)4-3-5(7,14(8,9)10)15(11,12)13/h7H,3-4H2,1-2H3,(H2,8,9,10)(H2,11,12,13). The van der Waals surface area contributed by atoms with Crippen molar-refractivity contribution in [2.45, 2.75) is 28.1 Å². The van der Waals surface area contributed by atoms with Crippen molar-refractivity contribution in [1.29, 1.82) is 0 Å². The molecule has 0 bridgehead atoms. The number of hydrogen-bond donors (Lipinski definition) is 5. The topological polar surface area (TPSA) is 135 Å². The van der Waals surface area contributed by atoms with Crippen LogP contribution in [0, 0.1) is 0 Å². The van der Waals surface area contributed by atoms with Crippen molar-refractivity contribution in [2.75, 3.05) is 0 Å². The third kappa shape index (κ3) is 3.95. The van der Waals surface area contributed by atoms with E-state index in [1.165, 1.54) is 0 Å². The molecule has 0 amide bonds. The zero-order valence-electron chi connectivity index (χ0n) is 8.31. The van der Waals surface area contributed by atoms with E-state index in [2.05, 4.69) is 0 Å². The van der Waals surface area contributed by atoms with Gasteiger partial charge in [0.15, 0.2) is 0 Å². The maximum atomic E-state index is 10.9. The molecule has 0 aromatic heterocycles. The van der Waals surface area contributed by atoms with E-state index in [4.69, 9.17) is 19.6 Å². The Kier molecular flexibility index (Phi) is 5.26. The molecule has 0 saturated heterocycles. The Morgan fingerprint density at radius 3 is 1.60 bits per heavy atom. The van der Waals surface area contributed by atoms with Crippen molar-refractivity contribution in [3.05, 3.63) is 0 Å². The second-order valence-electron chi connectivity index (χ2n) is 3.42.